The largest absolute Gasteiger partial charge is 0.340 e. The van der Waals surface area contributed by atoms with E-state index in [4.69, 9.17) is 23.8 Å². The number of nitrogens with zero attached hydrogens (tertiary/aromatic N) is 3. The van der Waals surface area contributed by atoms with Crippen molar-refractivity contribution in [3.05, 3.63) is 50.8 Å². The Balaban J connectivity index is 1.49. The number of piperazine rings is 1. The molecule has 1 saturated heterocycles. The number of rotatable bonds is 3. The molecule has 1 saturated carbocycles. The number of nitrogens with one attached hydrogen (secondary N) is 1. The van der Waals surface area contributed by atoms with Crippen LogP contribution in [0, 0.1) is 10.6 Å². The number of fused-ring (bicyclic) bond motifs is 3. The van der Waals surface area contributed by atoms with Gasteiger partial charge < -0.3 is 19.4 Å². The third-order valence-corrected chi connectivity index (χ3v) is 7.34. The minimum atomic E-state index is -0.279. The second-order valence-electron chi connectivity index (χ2n) is 8.10. The van der Waals surface area contributed by atoms with Gasteiger partial charge in [0.2, 0.25) is 5.91 Å². The molecule has 0 spiro atoms. The summed E-state index contributed by atoms with van der Waals surface area (Å²) < 4.78 is 19.4. The number of amides is 1. The first kappa shape index (κ1) is 18.3. The Morgan fingerprint density at radius 2 is 2.14 bits per heavy atom. The Kier molecular flexibility index (Phi) is 4.19. The summed E-state index contributed by atoms with van der Waals surface area (Å²) in [5.41, 5.74) is 2.47. The van der Waals surface area contributed by atoms with Gasteiger partial charge in [-0.25, -0.2) is 4.39 Å². The summed E-state index contributed by atoms with van der Waals surface area (Å²) in [5.74, 6) is 0.105. The fourth-order valence-corrected chi connectivity index (χ4v) is 5.48. The second kappa shape index (κ2) is 6.40. The second-order valence-corrected chi connectivity index (χ2v) is 8.91. The molecule has 2 aromatic rings. The third kappa shape index (κ3) is 2.60. The molecule has 2 fully saturated rings. The number of aromatic nitrogens is 2. The zero-order valence-corrected chi connectivity index (χ0v) is 17.2. The minimum absolute atomic E-state index is 0.132. The minimum Gasteiger partial charge on any atom is -0.340 e. The van der Waals surface area contributed by atoms with Crippen LogP contribution < -0.4 is 5.32 Å². The SMILES string of the molecule is Cn1c(CC(=O)N2CCNCC2)c2n(c1=S)C[C@@]1(c3cc(Cl)ccc3F)C[C@@H]21. The highest BCUT2D eigenvalue weighted by atomic mass is 35.5. The highest BCUT2D eigenvalue weighted by Gasteiger charge is 2.63. The van der Waals surface area contributed by atoms with Gasteiger partial charge in [-0.3, -0.25) is 4.79 Å². The van der Waals surface area contributed by atoms with E-state index in [-0.39, 0.29) is 23.1 Å². The molecule has 5 rings (SSSR count). The Labute approximate surface area is 173 Å². The molecule has 0 unspecified atom stereocenters. The smallest absolute Gasteiger partial charge is 0.228 e. The fourth-order valence-electron chi connectivity index (χ4n) is 5.03. The quantitative estimate of drug-likeness (QED) is 0.776. The predicted molar refractivity (Wildman–Crippen MR) is 108 cm³/mol. The van der Waals surface area contributed by atoms with E-state index >= 15 is 0 Å². The number of carbonyl (C=O) groups excluding carboxylic acids is 1. The molecular weight excluding hydrogens is 399 g/mol. The molecule has 2 atom stereocenters. The Hall–Kier alpha value is -1.70. The van der Waals surface area contributed by atoms with Crippen LogP contribution >= 0.6 is 23.8 Å². The zero-order chi connectivity index (χ0) is 19.6. The molecule has 0 bridgehead atoms. The molecule has 1 N–H and O–H groups in total. The number of imidazole rings is 1. The molecule has 1 amide bonds. The lowest BCUT2D eigenvalue weighted by Gasteiger charge is -2.27. The van der Waals surface area contributed by atoms with Crippen LogP contribution in [0.25, 0.3) is 0 Å². The lowest BCUT2D eigenvalue weighted by molar-refractivity contribution is -0.131. The number of carbonyl (C=O) groups is 1. The molecule has 3 heterocycles. The number of benzene rings is 1. The first-order valence-electron chi connectivity index (χ1n) is 9.65. The molecule has 8 heteroatoms. The molecular formula is C20H22ClFN4OS. The van der Waals surface area contributed by atoms with Gasteiger partial charge in [-0.2, -0.15) is 0 Å². The predicted octanol–water partition coefficient (Wildman–Crippen LogP) is 2.76. The zero-order valence-electron chi connectivity index (χ0n) is 15.7. The van der Waals surface area contributed by atoms with Crippen LogP contribution in [0.4, 0.5) is 4.39 Å². The standard InChI is InChI=1S/C20H22ClFN4OS/c1-24-16(9-17(27)25-6-4-23-5-7-25)18-14-10-20(14,11-26(18)19(24)28)13-8-12(21)2-3-15(13)22/h2-3,8,14,23H,4-7,9-11H2,1H3/t14-,20+/m0/s1. The van der Waals surface area contributed by atoms with Crippen molar-refractivity contribution in [2.45, 2.75) is 30.7 Å². The summed E-state index contributed by atoms with van der Waals surface area (Å²) in [5, 5.41) is 3.82. The molecule has 5 nitrogen and oxygen atoms in total. The van der Waals surface area contributed by atoms with E-state index in [9.17, 15) is 9.18 Å². The van der Waals surface area contributed by atoms with Crippen LogP contribution in [0.5, 0.6) is 0 Å². The van der Waals surface area contributed by atoms with Crippen molar-refractivity contribution in [1.82, 2.24) is 19.4 Å². The van der Waals surface area contributed by atoms with Gasteiger partial charge in [-0.05, 0) is 42.4 Å². The summed E-state index contributed by atoms with van der Waals surface area (Å²) in [6, 6.07) is 4.77. The number of hydrogen-bond acceptors (Lipinski definition) is 3. The van der Waals surface area contributed by atoms with Crippen LogP contribution in [0.3, 0.4) is 0 Å². The summed E-state index contributed by atoms with van der Waals surface area (Å²) in [7, 11) is 1.93. The van der Waals surface area contributed by atoms with Gasteiger partial charge in [0.25, 0.3) is 0 Å². The van der Waals surface area contributed by atoms with Gasteiger partial charge >= 0.3 is 0 Å². The maximum atomic E-state index is 14.6. The molecule has 2 aliphatic heterocycles. The van der Waals surface area contributed by atoms with Gasteiger partial charge in [0.1, 0.15) is 5.82 Å². The van der Waals surface area contributed by atoms with Gasteiger partial charge in [0, 0.05) is 67.5 Å². The van der Waals surface area contributed by atoms with Crippen molar-refractivity contribution in [3.63, 3.8) is 0 Å². The normalized spacial score (nSPS) is 25.5. The first-order valence-corrected chi connectivity index (χ1v) is 10.4. The molecule has 148 valence electrons. The van der Waals surface area contributed by atoms with Crippen molar-refractivity contribution >= 4 is 29.7 Å². The van der Waals surface area contributed by atoms with Crippen molar-refractivity contribution in [1.29, 1.82) is 0 Å². The molecule has 1 aromatic carbocycles. The maximum Gasteiger partial charge on any atom is 0.228 e. The number of hydrogen-bond donors (Lipinski definition) is 1. The van der Waals surface area contributed by atoms with Crippen molar-refractivity contribution in [2.24, 2.45) is 7.05 Å². The average Bonchev–Trinajstić information content (AvgIpc) is 3.26. The van der Waals surface area contributed by atoms with Gasteiger partial charge in [-0.1, -0.05) is 11.6 Å². The monoisotopic (exact) mass is 420 g/mol. The highest BCUT2D eigenvalue weighted by Crippen LogP contribution is 2.66. The highest BCUT2D eigenvalue weighted by molar-refractivity contribution is 7.71. The lowest BCUT2D eigenvalue weighted by atomic mass is 9.93. The maximum absolute atomic E-state index is 14.6. The van der Waals surface area contributed by atoms with E-state index in [0.717, 1.165) is 44.0 Å². The fraction of sp³-hybridized carbons (Fsp3) is 0.500. The topological polar surface area (TPSA) is 42.2 Å². The summed E-state index contributed by atoms with van der Waals surface area (Å²) in [4.78, 5) is 14.8. The van der Waals surface area contributed by atoms with E-state index in [0.29, 0.717) is 28.3 Å². The Morgan fingerprint density at radius 3 is 2.89 bits per heavy atom. The van der Waals surface area contributed by atoms with Crippen molar-refractivity contribution in [3.8, 4) is 0 Å². The summed E-state index contributed by atoms with van der Waals surface area (Å²) >= 11 is 11.8. The first-order chi connectivity index (χ1) is 13.4. The van der Waals surface area contributed by atoms with E-state index < -0.39 is 0 Å². The van der Waals surface area contributed by atoms with E-state index in [2.05, 4.69) is 9.88 Å². The Morgan fingerprint density at radius 1 is 1.39 bits per heavy atom. The van der Waals surface area contributed by atoms with E-state index in [1.165, 1.54) is 6.07 Å². The van der Waals surface area contributed by atoms with Crippen LogP contribution in [-0.4, -0.2) is 46.1 Å². The van der Waals surface area contributed by atoms with E-state index in [1.807, 2.05) is 16.5 Å². The number of halogens is 2. The Bertz CT molecular complexity index is 1040. The summed E-state index contributed by atoms with van der Waals surface area (Å²) in [6.45, 7) is 3.79. The third-order valence-electron chi connectivity index (χ3n) is 6.61. The van der Waals surface area contributed by atoms with Crippen LogP contribution in [-0.2, 0) is 30.2 Å². The molecule has 0 radical (unpaired) electrons. The van der Waals surface area contributed by atoms with Gasteiger partial charge in [0.05, 0.1) is 6.42 Å². The molecule has 3 aliphatic rings. The van der Waals surface area contributed by atoms with Gasteiger partial charge in [0.15, 0.2) is 4.77 Å². The molecule has 28 heavy (non-hydrogen) atoms. The lowest BCUT2D eigenvalue weighted by Crippen LogP contribution is -2.47. The van der Waals surface area contributed by atoms with Crippen molar-refractivity contribution < 1.29 is 9.18 Å². The average molecular weight is 421 g/mol. The van der Waals surface area contributed by atoms with Crippen LogP contribution in [0.2, 0.25) is 5.02 Å². The van der Waals surface area contributed by atoms with E-state index in [1.54, 1.807) is 12.1 Å². The summed E-state index contributed by atoms with van der Waals surface area (Å²) in [6.07, 6.45) is 1.21. The molecule has 1 aromatic heterocycles. The molecule has 1 aliphatic carbocycles. The van der Waals surface area contributed by atoms with Crippen molar-refractivity contribution in [2.75, 3.05) is 26.2 Å². The van der Waals surface area contributed by atoms with Gasteiger partial charge in [-0.15, -0.1) is 0 Å². The van der Waals surface area contributed by atoms with Crippen LogP contribution in [0.15, 0.2) is 18.2 Å². The van der Waals surface area contributed by atoms with Crippen LogP contribution in [0.1, 0.15) is 29.3 Å².